The molecular formula is C32H39F3N2O2S. The van der Waals surface area contributed by atoms with Crippen molar-refractivity contribution in [1.29, 1.82) is 0 Å². The van der Waals surface area contributed by atoms with E-state index in [9.17, 15) is 13.2 Å². The van der Waals surface area contributed by atoms with E-state index in [1.165, 1.54) is 35.2 Å². The van der Waals surface area contributed by atoms with Crippen molar-refractivity contribution < 1.29 is 22.6 Å². The zero-order valence-electron chi connectivity index (χ0n) is 23.2. The lowest BCUT2D eigenvalue weighted by molar-refractivity contribution is -0.125. The van der Waals surface area contributed by atoms with Crippen LogP contribution >= 0.6 is 11.3 Å². The lowest BCUT2D eigenvalue weighted by Crippen LogP contribution is -2.34. The number of unbranched alkanes of at least 4 members (excludes halogenated alkanes) is 1. The Morgan fingerprint density at radius 3 is 2.67 bits per heavy atom. The van der Waals surface area contributed by atoms with Crippen LogP contribution in [0.4, 0.5) is 13.2 Å². The van der Waals surface area contributed by atoms with Gasteiger partial charge in [-0.3, -0.25) is 0 Å². The first-order chi connectivity index (χ1) is 19.3. The minimum atomic E-state index is -4.23. The number of likely N-dealkylation sites (N-methyl/N-ethyl adjacent to an activating group) is 1. The lowest BCUT2D eigenvalue weighted by atomic mass is 10.0. The van der Waals surface area contributed by atoms with E-state index in [2.05, 4.69) is 24.1 Å². The average Bonchev–Trinajstić information content (AvgIpc) is 3.66. The van der Waals surface area contributed by atoms with E-state index >= 15 is 0 Å². The van der Waals surface area contributed by atoms with Crippen LogP contribution in [0.2, 0.25) is 0 Å². The highest BCUT2D eigenvalue weighted by Crippen LogP contribution is 2.33. The molecule has 0 amide bonds. The van der Waals surface area contributed by atoms with Crippen LogP contribution in [0.25, 0.3) is 0 Å². The molecule has 4 nitrogen and oxygen atoms in total. The minimum absolute atomic E-state index is 0.156. The highest BCUT2D eigenvalue weighted by molar-refractivity contribution is 7.09. The SMILES string of the molecule is C=C/C=C(\C=C/CC(F)(F)F)C1CCOC=C(COc2ccc(CCCCc3nc(CC4CC4)cs3)cc2)N1C. The molecular weight excluding hydrogens is 533 g/mol. The molecule has 8 heteroatoms. The number of alkyl halides is 3. The molecule has 1 aliphatic heterocycles. The van der Waals surface area contributed by atoms with Crippen molar-refractivity contribution in [2.24, 2.45) is 5.92 Å². The van der Waals surface area contributed by atoms with Crippen LogP contribution in [0.5, 0.6) is 5.75 Å². The Kier molecular flexibility index (Phi) is 10.9. The van der Waals surface area contributed by atoms with Crippen LogP contribution < -0.4 is 4.74 Å². The summed E-state index contributed by atoms with van der Waals surface area (Å²) in [6.07, 6.45) is 11.3. The number of ether oxygens (including phenoxy) is 2. The van der Waals surface area contributed by atoms with Gasteiger partial charge in [0.2, 0.25) is 0 Å². The summed E-state index contributed by atoms with van der Waals surface area (Å²) in [5.74, 6) is 1.64. The van der Waals surface area contributed by atoms with Crippen LogP contribution in [-0.2, 0) is 24.0 Å². The molecule has 2 aromatic rings. The number of allylic oxidation sites excluding steroid dienone is 3. The van der Waals surface area contributed by atoms with Crippen LogP contribution in [-0.4, -0.2) is 42.4 Å². The summed E-state index contributed by atoms with van der Waals surface area (Å²) in [4.78, 5) is 6.80. The number of aryl methyl sites for hydroxylation is 2. The monoisotopic (exact) mass is 572 g/mol. The molecule has 4 rings (SSSR count). The van der Waals surface area contributed by atoms with Gasteiger partial charge in [0.1, 0.15) is 18.6 Å². The standard InChI is InChI=1S/C32H39F3N2O2S/c1-3-7-26(9-6-18-32(33,34)35)30-17-19-38-21-28(37(30)2)22-39-29-15-13-24(14-16-29)8-4-5-10-31-36-27(23-40-31)20-25-11-12-25/h3,6-7,9,13-16,21,23,25,30H,1,4-5,8,10-12,17-20,22H2,2H3/b9-6-,26-7+. The van der Waals surface area contributed by atoms with Gasteiger partial charge in [-0.15, -0.1) is 11.3 Å². The zero-order chi connectivity index (χ0) is 28.4. The molecule has 40 heavy (non-hydrogen) atoms. The first kappa shape index (κ1) is 30.0. The molecule has 1 unspecified atom stereocenters. The summed E-state index contributed by atoms with van der Waals surface area (Å²) >= 11 is 1.80. The van der Waals surface area contributed by atoms with Gasteiger partial charge in [-0.1, -0.05) is 43.0 Å². The van der Waals surface area contributed by atoms with Crippen molar-refractivity contribution in [3.05, 3.63) is 94.3 Å². The predicted molar refractivity (Wildman–Crippen MR) is 155 cm³/mol. The Morgan fingerprint density at radius 1 is 1.18 bits per heavy atom. The second-order valence-corrected chi connectivity index (χ2v) is 11.5. The Hall–Kier alpha value is -3.00. The van der Waals surface area contributed by atoms with Gasteiger partial charge in [0.15, 0.2) is 0 Å². The normalized spacial score (nSPS) is 18.4. The Morgan fingerprint density at radius 2 is 1.95 bits per heavy atom. The lowest BCUT2D eigenvalue weighted by Gasteiger charge is -2.30. The van der Waals surface area contributed by atoms with Crippen LogP contribution in [0.3, 0.4) is 0 Å². The average molecular weight is 573 g/mol. The first-order valence-corrected chi connectivity index (χ1v) is 14.9. The maximum absolute atomic E-state index is 12.7. The summed E-state index contributed by atoms with van der Waals surface area (Å²) in [7, 11) is 1.91. The molecule has 0 saturated heterocycles. The third kappa shape index (κ3) is 9.88. The van der Waals surface area contributed by atoms with Crippen molar-refractivity contribution in [2.45, 2.75) is 70.0 Å². The largest absolute Gasteiger partial charge is 0.499 e. The van der Waals surface area contributed by atoms with Gasteiger partial charge in [0.25, 0.3) is 0 Å². The summed E-state index contributed by atoms with van der Waals surface area (Å²) in [5.41, 5.74) is 4.11. The number of nitrogens with zero attached hydrogens (tertiary/aromatic N) is 2. The third-order valence-corrected chi connectivity index (χ3v) is 8.17. The maximum atomic E-state index is 12.7. The molecule has 1 atom stereocenters. The third-order valence-electron chi connectivity index (χ3n) is 7.21. The Bertz CT molecular complexity index is 1180. The van der Waals surface area contributed by atoms with E-state index < -0.39 is 12.6 Å². The molecule has 2 heterocycles. The quantitative estimate of drug-likeness (QED) is 0.169. The second-order valence-electron chi connectivity index (χ2n) is 10.5. The van der Waals surface area contributed by atoms with E-state index in [1.54, 1.807) is 29.8 Å². The molecule has 216 valence electrons. The molecule has 1 aromatic heterocycles. The first-order valence-electron chi connectivity index (χ1n) is 14.0. The molecule has 0 N–H and O–H groups in total. The van der Waals surface area contributed by atoms with Gasteiger partial charge >= 0.3 is 6.18 Å². The topological polar surface area (TPSA) is 34.6 Å². The molecule has 1 aliphatic carbocycles. The van der Waals surface area contributed by atoms with Crippen molar-refractivity contribution in [3.63, 3.8) is 0 Å². The number of rotatable bonds is 14. The fourth-order valence-corrected chi connectivity index (χ4v) is 5.62. The summed E-state index contributed by atoms with van der Waals surface area (Å²) < 4.78 is 49.7. The van der Waals surface area contributed by atoms with Crippen molar-refractivity contribution in [2.75, 3.05) is 20.3 Å². The van der Waals surface area contributed by atoms with E-state index in [0.29, 0.717) is 13.0 Å². The Balaban J connectivity index is 1.23. The van der Waals surface area contributed by atoms with Crippen LogP contribution in [0.15, 0.2) is 78.1 Å². The van der Waals surface area contributed by atoms with E-state index in [-0.39, 0.29) is 12.6 Å². The van der Waals surface area contributed by atoms with Gasteiger partial charge < -0.3 is 14.4 Å². The fraction of sp³-hybridized carbons (Fsp3) is 0.469. The molecule has 1 aromatic carbocycles. The van der Waals surface area contributed by atoms with Crippen molar-refractivity contribution in [1.82, 2.24) is 9.88 Å². The summed E-state index contributed by atoms with van der Waals surface area (Å²) in [6.45, 7) is 4.47. The van der Waals surface area contributed by atoms with Crippen molar-refractivity contribution >= 4 is 11.3 Å². The van der Waals surface area contributed by atoms with Crippen LogP contribution in [0, 0.1) is 5.92 Å². The highest BCUT2D eigenvalue weighted by Gasteiger charge is 2.26. The number of thiazole rings is 1. The van der Waals surface area contributed by atoms with Crippen molar-refractivity contribution in [3.8, 4) is 5.75 Å². The number of halogens is 3. The summed E-state index contributed by atoms with van der Waals surface area (Å²) in [6, 6.07) is 8.02. The van der Waals surface area contributed by atoms with E-state index in [1.807, 2.05) is 24.1 Å². The number of benzene rings is 1. The molecule has 0 spiro atoms. The number of hydrogen-bond donors (Lipinski definition) is 0. The zero-order valence-corrected chi connectivity index (χ0v) is 24.0. The minimum Gasteiger partial charge on any atom is -0.499 e. The number of hydrogen-bond acceptors (Lipinski definition) is 5. The van der Waals surface area contributed by atoms with Gasteiger partial charge in [-0.2, -0.15) is 13.2 Å². The highest BCUT2D eigenvalue weighted by atomic mass is 32.1. The van der Waals surface area contributed by atoms with Gasteiger partial charge in [0.05, 0.1) is 35.5 Å². The van der Waals surface area contributed by atoms with Gasteiger partial charge in [-0.25, -0.2) is 4.98 Å². The Labute approximate surface area is 239 Å². The van der Waals surface area contributed by atoms with E-state index in [0.717, 1.165) is 61.1 Å². The molecule has 0 radical (unpaired) electrons. The molecule has 1 saturated carbocycles. The van der Waals surface area contributed by atoms with E-state index in [4.69, 9.17) is 14.5 Å². The van der Waals surface area contributed by atoms with Gasteiger partial charge in [-0.05, 0) is 74.1 Å². The fourth-order valence-electron chi connectivity index (χ4n) is 4.77. The smallest absolute Gasteiger partial charge is 0.392 e. The number of aromatic nitrogens is 1. The molecule has 0 bridgehead atoms. The molecule has 1 fully saturated rings. The maximum Gasteiger partial charge on any atom is 0.392 e. The van der Waals surface area contributed by atoms with Crippen LogP contribution in [0.1, 0.15) is 54.8 Å². The van der Waals surface area contributed by atoms with Gasteiger partial charge in [0, 0.05) is 18.8 Å². The summed E-state index contributed by atoms with van der Waals surface area (Å²) in [5, 5.41) is 3.49. The predicted octanol–water partition coefficient (Wildman–Crippen LogP) is 8.22. The molecule has 2 aliphatic rings. The second kappa shape index (κ2) is 14.6.